The Bertz CT molecular complexity index is 319. The highest BCUT2D eigenvalue weighted by molar-refractivity contribution is 5.14. The third-order valence-corrected chi connectivity index (χ3v) is 3.17. The fraction of sp³-hybridized carbons (Fsp3) is 0.667. The molecule has 0 saturated heterocycles. The second-order valence-electron chi connectivity index (χ2n) is 5.06. The zero-order valence-corrected chi connectivity index (χ0v) is 12.2. The fourth-order valence-electron chi connectivity index (χ4n) is 2.02. The van der Waals surface area contributed by atoms with Crippen LogP contribution in [0.1, 0.15) is 31.5 Å². The number of rotatable bonds is 8. The van der Waals surface area contributed by atoms with Crippen LogP contribution < -0.4 is 5.32 Å². The second-order valence-corrected chi connectivity index (χ2v) is 5.06. The van der Waals surface area contributed by atoms with Gasteiger partial charge in [0.05, 0.1) is 0 Å². The molecule has 1 aromatic heterocycles. The molecule has 3 heteroatoms. The molecule has 0 amide bonds. The molecule has 0 saturated carbocycles. The lowest BCUT2D eigenvalue weighted by molar-refractivity contribution is 0.357. The molecule has 0 aliphatic rings. The molecule has 1 atom stereocenters. The van der Waals surface area contributed by atoms with Gasteiger partial charge < -0.3 is 10.2 Å². The molecule has 1 heterocycles. The topological polar surface area (TPSA) is 28.2 Å². The van der Waals surface area contributed by atoms with Gasteiger partial charge in [-0.15, -0.1) is 0 Å². The third kappa shape index (κ3) is 5.61. The summed E-state index contributed by atoms with van der Waals surface area (Å²) in [5.74, 6) is 0. The molecule has 0 aliphatic carbocycles. The lowest BCUT2D eigenvalue weighted by Gasteiger charge is -2.19. The van der Waals surface area contributed by atoms with Crippen LogP contribution in [0, 0.1) is 0 Å². The van der Waals surface area contributed by atoms with Crippen LogP contribution in [-0.4, -0.2) is 43.1 Å². The van der Waals surface area contributed by atoms with E-state index in [9.17, 15) is 0 Å². The van der Waals surface area contributed by atoms with Gasteiger partial charge in [-0.25, -0.2) is 0 Å². The van der Waals surface area contributed by atoms with Crippen LogP contribution in [0.3, 0.4) is 0 Å². The number of hydrogen-bond donors (Lipinski definition) is 1. The molecular weight excluding hydrogens is 222 g/mol. The molecule has 1 rings (SSSR count). The van der Waals surface area contributed by atoms with Gasteiger partial charge in [-0.2, -0.15) is 0 Å². The molecule has 0 bridgehead atoms. The average molecular weight is 249 g/mol. The molecule has 18 heavy (non-hydrogen) atoms. The van der Waals surface area contributed by atoms with E-state index in [4.69, 9.17) is 0 Å². The van der Waals surface area contributed by atoms with Gasteiger partial charge in [-0.05, 0) is 51.7 Å². The summed E-state index contributed by atoms with van der Waals surface area (Å²) in [5.41, 5.74) is 2.50. The summed E-state index contributed by atoms with van der Waals surface area (Å²) in [7, 11) is 4.24. The van der Waals surface area contributed by atoms with Gasteiger partial charge in [0.1, 0.15) is 0 Å². The molecule has 0 aromatic carbocycles. The van der Waals surface area contributed by atoms with Gasteiger partial charge in [0.15, 0.2) is 0 Å². The normalized spacial score (nSPS) is 12.9. The van der Waals surface area contributed by atoms with Crippen LogP contribution in [-0.2, 0) is 12.8 Å². The summed E-state index contributed by atoms with van der Waals surface area (Å²) >= 11 is 0. The molecule has 0 radical (unpaired) electrons. The van der Waals surface area contributed by atoms with Crippen molar-refractivity contribution in [2.75, 3.05) is 27.2 Å². The smallest absolute Gasteiger partial charge is 0.0419 e. The van der Waals surface area contributed by atoms with E-state index in [1.165, 1.54) is 11.3 Å². The van der Waals surface area contributed by atoms with Gasteiger partial charge in [-0.3, -0.25) is 4.98 Å². The van der Waals surface area contributed by atoms with E-state index in [-0.39, 0.29) is 0 Å². The average Bonchev–Trinajstić information content (AvgIpc) is 2.37. The van der Waals surface area contributed by atoms with E-state index in [1.807, 2.05) is 6.20 Å². The minimum absolute atomic E-state index is 0.525. The van der Waals surface area contributed by atoms with E-state index in [2.05, 4.69) is 55.3 Å². The van der Waals surface area contributed by atoms with Crippen molar-refractivity contribution in [3.05, 3.63) is 29.6 Å². The number of hydrogen-bond acceptors (Lipinski definition) is 3. The lowest BCUT2D eigenvalue weighted by atomic mass is 10.1. The van der Waals surface area contributed by atoms with E-state index >= 15 is 0 Å². The Hall–Kier alpha value is -0.930. The van der Waals surface area contributed by atoms with Crippen LogP contribution in [0.4, 0.5) is 0 Å². The quantitative estimate of drug-likeness (QED) is 0.765. The zero-order chi connectivity index (χ0) is 13.4. The minimum Gasteiger partial charge on any atom is -0.314 e. The Morgan fingerprint density at radius 1 is 1.28 bits per heavy atom. The highest BCUT2D eigenvalue weighted by Crippen LogP contribution is 2.06. The second kappa shape index (κ2) is 8.22. The van der Waals surface area contributed by atoms with Crippen molar-refractivity contribution in [1.29, 1.82) is 0 Å². The van der Waals surface area contributed by atoms with E-state index in [1.54, 1.807) is 0 Å². The Morgan fingerprint density at radius 2 is 2.06 bits per heavy atom. The Kier molecular flexibility index (Phi) is 6.91. The first kappa shape index (κ1) is 15.1. The molecule has 1 unspecified atom stereocenters. The highest BCUT2D eigenvalue weighted by atomic mass is 15.1. The minimum atomic E-state index is 0.525. The standard InChI is InChI=1S/C15H27N3/c1-5-13-7-8-14(17-12-13)11-15(16-6-2)9-10-18(3)4/h7-8,12,15-16H,5-6,9-11H2,1-4H3. The summed E-state index contributed by atoms with van der Waals surface area (Å²) in [4.78, 5) is 6.78. The van der Waals surface area contributed by atoms with Crippen molar-refractivity contribution in [2.45, 2.75) is 39.2 Å². The monoisotopic (exact) mass is 249 g/mol. The summed E-state index contributed by atoms with van der Waals surface area (Å²) in [6.45, 7) is 6.46. The van der Waals surface area contributed by atoms with Crippen molar-refractivity contribution in [1.82, 2.24) is 15.2 Å². The number of aryl methyl sites for hydroxylation is 1. The summed E-state index contributed by atoms with van der Waals surface area (Å²) < 4.78 is 0. The first-order chi connectivity index (χ1) is 8.65. The van der Waals surface area contributed by atoms with Crippen molar-refractivity contribution in [2.24, 2.45) is 0 Å². The maximum Gasteiger partial charge on any atom is 0.0419 e. The van der Waals surface area contributed by atoms with E-state index in [0.29, 0.717) is 6.04 Å². The number of pyridine rings is 1. The van der Waals surface area contributed by atoms with Gasteiger partial charge >= 0.3 is 0 Å². The largest absolute Gasteiger partial charge is 0.314 e. The SMILES string of the molecule is CCNC(CCN(C)C)Cc1ccc(CC)cn1. The van der Waals surface area contributed by atoms with Crippen molar-refractivity contribution in [3.63, 3.8) is 0 Å². The van der Waals surface area contributed by atoms with E-state index in [0.717, 1.165) is 32.4 Å². The maximum atomic E-state index is 4.55. The van der Waals surface area contributed by atoms with Gasteiger partial charge in [0, 0.05) is 24.4 Å². The molecule has 1 N–H and O–H groups in total. The number of nitrogens with one attached hydrogen (secondary N) is 1. The van der Waals surface area contributed by atoms with Crippen LogP contribution in [0.15, 0.2) is 18.3 Å². The summed E-state index contributed by atoms with van der Waals surface area (Å²) in [5, 5.41) is 3.55. The number of aromatic nitrogens is 1. The predicted octanol–water partition coefficient (Wildman–Crippen LogP) is 2.12. The van der Waals surface area contributed by atoms with Crippen LogP contribution in [0.5, 0.6) is 0 Å². The maximum absolute atomic E-state index is 4.55. The Morgan fingerprint density at radius 3 is 2.56 bits per heavy atom. The predicted molar refractivity (Wildman–Crippen MR) is 78.0 cm³/mol. The summed E-state index contributed by atoms with van der Waals surface area (Å²) in [6, 6.07) is 4.88. The van der Waals surface area contributed by atoms with E-state index < -0.39 is 0 Å². The lowest BCUT2D eigenvalue weighted by Crippen LogP contribution is -2.34. The van der Waals surface area contributed by atoms with Crippen LogP contribution >= 0.6 is 0 Å². The molecule has 1 aromatic rings. The van der Waals surface area contributed by atoms with Crippen molar-refractivity contribution in [3.8, 4) is 0 Å². The molecule has 3 nitrogen and oxygen atoms in total. The fourth-order valence-corrected chi connectivity index (χ4v) is 2.02. The molecule has 0 aliphatic heterocycles. The van der Waals surface area contributed by atoms with Gasteiger partial charge in [-0.1, -0.05) is 19.9 Å². The van der Waals surface area contributed by atoms with Crippen molar-refractivity contribution < 1.29 is 0 Å². The zero-order valence-electron chi connectivity index (χ0n) is 12.2. The first-order valence-corrected chi connectivity index (χ1v) is 6.97. The molecule has 0 fully saturated rings. The van der Waals surface area contributed by atoms with Gasteiger partial charge in [0.2, 0.25) is 0 Å². The molecule has 0 spiro atoms. The third-order valence-electron chi connectivity index (χ3n) is 3.17. The molecule has 102 valence electrons. The number of nitrogens with zero attached hydrogens (tertiary/aromatic N) is 2. The Balaban J connectivity index is 2.52. The Labute approximate surface area is 112 Å². The number of likely N-dealkylation sites (N-methyl/N-ethyl adjacent to an activating group) is 1. The van der Waals surface area contributed by atoms with Crippen LogP contribution in [0.25, 0.3) is 0 Å². The summed E-state index contributed by atoms with van der Waals surface area (Å²) in [6.07, 6.45) is 5.25. The highest BCUT2D eigenvalue weighted by Gasteiger charge is 2.09. The molecular formula is C15H27N3. The van der Waals surface area contributed by atoms with Crippen molar-refractivity contribution >= 4 is 0 Å². The van der Waals surface area contributed by atoms with Crippen LogP contribution in [0.2, 0.25) is 0 Å². The first-order valence-electron chi connectivity index (χ1n) is 6.97. The van der Waals surface area contributed by atoms with Gasteiger partial charge in [0.25, 0.3) is 0 Å².